The van der Waals surface area contributed by atoms with Crippen LogP contribution in [0.15, 0.2) is 59.1 Å². The minimum Gasteiger partial charge on any atom is -0.377 e. The highest BCUT2D eigenvalue weighted by Crippen LogP contribution is 2.24. The van der Waals surface area contributed by atoms with E-state index in [4.69, 9.17) is 0 Å². The van der Waals surface area contributed by atoms with Gasteiger partial charge >= 0.3 is 0 Å². The van der Waals surface area contributed by atoms with Crippen LogP contribution in [0, 0.1) is 6.92 Å². The number of hydrogen-bond donors (Lipinski definition) is 0. The lowest BCUT2D eigenvalue weighted by atomic mass is 10.0. The molecular weight excluding hydrogens is 232 g/mol. The van der Waals surface area contributed by atoms with Crippen molar-refractivity contribution >= 4 is 17.1 Å². The third kappa shape index (κ3) is 3.02. The van der Waals surface area contributed by atoms with E-state index in [2.05, 4.69) is 68.7 Å². The first-order valence-electron chi connectivity index (χ1n) is 6.39. The van der Waals surface area contributed by atoms with Crippen LogP contribution in [0.5, 0.6) is 0 Å². The SMILES string of the molecule is C=C1C=CC(=Nc2ccc(N(C)C)c(C)c2)C=C1C. The zero-order valence-corrected chi connectivity index (χ0v) is 12.1. The van der Waals surface area contributed by atoms with E-state index in [0.717, 1.165) is 17.0 Å². The Balaban J connectivity index is 2.32. The number of benzene rings is 1. The summed E-state index contributed by atoms with van der Waals surface area (Å²) in [5.41, 5.74) is 6.64. The molecule has 1 aliphatic rings. The van der Waals surface area contributed by atoms with Crippen LogP contribution in [-0.2, 0) is 0 Å². The molecule has 1 aromatic carbocycles. The number of aryl methyl sites for hydroxylation is 1. The molecule has 1 aromatic rings. The number of rotatable bonds is 2. The van der Waals surface area contributed by atoms with E-state index in [1.165, 1.54) is 16.8 Å². The van der Waals surface area contributed by atoms with Crippen molar-refractivity contribution in [1.82, 2.24) is 0 Å². The van der Waals surface area contributed by atoms with Crippen LogP contribution in [0.1, 0.15) is 12.5 Å². The fraction of sp³-hybridized carbons (Fsp3) is 0.235. The molecular formula is C17H20N2. The van der Waals surface area contributed by atoms with Crippen molar-refractivity contribution < 1.29 is 0 Å². The highest BCUT2D eigenvalue weighted by atomic mass is 15.1. The molecule has 0 N–H and O–H groups in total. The predicted octanol–water partition coefficient (Wildman–Crippen LogP) is 4.21. The standard InChI is InChI=1S/C17H20N2/c1-12-6-7-15(10-13(12)2)18-16-8-9-17(19(4)5)14(3)11-16/h6-11H,1H2,2-5H3. The quantitative estimate of drug-likeness (QED) is 0.770. The van der Waals surface area contributed by atoms with Crippen LogP contribution < -0.4 is 4.90 Å². The lowest BCUT2D eigenvalue weighted by Crippen LogP contribution is -2.09. The van der Waals surface area contributed by atoms with Crippen molar-refractivity contribution in [2.75, 3.05) is 19.0 Å². The minimum atomic E-state index is 0.974. The highest BCUT2D eigenvalue weighted by molar-refractivity contribution is 6.07. The van der Waals surface area contributed by atoms with E-state index in [1.54, 1.807) is 0 Å². The van der Waals surface area contributed by atoms with Gasteiger partial charge in [-0.1, -0.05) is 12.7 Å². The van der Waals surface area contributed by atoms with Crippen LogP contribution in [0.2, 0.25) is 0 Å². The maximum absolute atomic E-state index is 4.66. The van der Waals surface area contributed by atoms with E-state index < -0.39 is 0 Å². The molecule has 0 bridgehead atoms. The fourth-order valence-corrected chi connectivity index (χ4v) is 2.11. The van der Waals surface area contributed by atoms with Gasteiger partial charge in [-0.15, -0.1) is 0 Å². The topological polar surface area (TPSA) is 15.6 Å². The van der Waals surface area contributed by atoms with Crippen molar-refractivity contribution in [2.45, 2.75) is 13.8 Å². The second kappa shape index (κ2) is 5.27. The van der Waals surface area contributed by atoms with Crippen LogP contribution in [-0.4, -0.2) is 19.8 Å². The first-order valence-corrected chi connectivity index (χ1v) is 6.39. The lowest BCUT2D eigenvalue weighted by molar-refractivity contribution is 1.11. The van der Waals surface area contributed by atoms with Gasteiger partial charge < -0.3 is 4.90 Å². The fourth-order valence-electron chi connectivity index (χ4n) is 2.11. The van der Waals surface area contributed by atoms with Gasteiger partial charge in [-0.25, -0.2) is 4.99 Å². The van der Waals surface area contributed by atoms with Gasteiger partial charge in [0.1, 0.15) is 0 Å². The Morgan fingerprint density at radius 2 is 1.84 bits per heavy atom. The average molecular weight is 252 g/mol. The summed E-state index contributed by atoms with van der Waals surface area (Å²) in [5.74, 6) is 0. The minimum absolute atomic E-state index is 0.974. The zero-order valence-electron chi connectivity index (χ0n) is 12.1. The number of nitrogens with zero attached hydrogens (tertiary/aromatic N) is 2. The summed E-state index contributed by atoms with van der Waals surface area (Å²) in [7, 11) is 4.10. The van der Waals surface area contributed by atoms with Crippen molar-refractivity contribution in [3.05, 3.63) is 59.7 Å². The number of allylic oxidation sites excluding steroid dienone is 5. The maximum atomic E-state index is 4.66. The first-order chi connectivity index (χ1) is 8.97. The summed E-state index contributed by atoms with van der Waals surface area (Å²) in [6.45, 7) is 8.13. The van der Waals surface area contributed by atoms with E-state index in [9.17, 15) is 0 Å². The second-order valence-electron chi connectivity index (χ2n) is 5.09. The molecule has 0 saturated carbocycles. The molecule has 2 nitrogen and oxygen atoms in total. The Morgan fingerprint density at radius 1 is 1.11 bits per heavy atom. The average Bonchev–Trinajstić information content (AvgIpc) is 2.33. The van der Waals surface area contributed by atoms with Crippen molar-refractivity contribution in [2.24, 2.45) is 4.99 Å². The van der Waals surface area contributed by atoms with Gasteiger partial charge in [-0.2, -0.15) is 0 Å². The normalized spacial score (nSPS) is 16.7. The number of aliphatic imine (C=N–C) groups is 1. The molecule has 19 heavy (non-hydrogen) atoms. The largest absolute Gasteiger partial charge is 0.377 e. The van der Waals surface area contributed by atoms with Gasteiger partial charge in [0.05, 0.1) is 11.4 Å². The van der Waals surface area contributed by atoms with Gasteiger partial charge in [-0.3, -0.25) is 0 Å². The van der Waals surface area contributed by atoms with Crippen molar-refractivity contribution in [3.8, 4) is 0 Å². The van der Waals surface area contributed by atoms with Crippen LogP contribution in [0.3, 0.4) is 0 Å². The molecule has 2 rings (SSSR count). The molecule has 0 saturated heterocycles. The Hall–Kier alpha value is -2.09. The molecule has 2 heteroatoms. The van der Waals surface area contributed by atoms with Gasteiger partial charge in [-0.05, 0) is 60.9 Å². The molecule has 0 heterocycles. The molecule has 0 amide bonds. The van der Waals surface area contributed by atoms with Crippen LogP contribution >= 0.6 is 0 Å². The van der Waals surface area contributed by atoms with Gasteiger partial charge in [0.2, 0.25) is 0 Å². The van der Waals surface area contributed by atoms with E-state index >= 15 is 0 Å². The summed E-state index contributed by atoms with van der Waals surface area (Å²) in [6, 6.07) is 6.27. The van der Waals surface area contributed by atoms with Crippen molar-refractivity contribution in [1.29, 1.82) is 0 Å². The molecule has 0 unspecified atom stereocenters. The molecule has 1 aliphatic carbocycles. The smallest absolute Gasteiger partial charge is 0.0641 e. The maximum Gasteiger partial charge on any atom is 0.0641 e. The van der Waals surface area contributed by atoms with E-state index in [0.29, 0.717) is 0 Å². The summed E-state index contributed by atoms with van der Waals surface area (Å²) >= 11 is 0. The monoisotopic (exact) mass is 252 g/mol. The summed E-state index contributed by atoms with van der Waals surface area (Å²) in [5, 5.41) is 0. The third-order valence-electron chi connectivity index (χ3n) is 3.25. The Morgan fingerprint density at radius 3 is 2.42 bits per heavy atom. The summed E-state index contributed by atoms with van der Waals surface area (Å²) in [4.78, 5) is 6.77. The molecule has 0 aromatic heterocycles. The molecule has 98 valence electrons. The Labute approximate surface area is 115 Å². The molecule has 0 aliphatic heterocycles. The van der Waals surface area contributed by atoms with Gasteiger partial charge in [0.15, 0.2) is 0 Å². The van der Waals surface area contributed by atoms with Gasteiger partial charge in [0.25, 0.3) is 0 Å². The number of hydrogen-bond acceptors (Lipinski definition) is 2. The van der Waals surface area contributed by atoms with Crippen molar-refractivity contribution in [3.63, 3.8) is 0 Å². The Bertz CT molecular complexity index is 602. The van der Waals surface area contributed by atoms with E-state index in [-0.39, 0.29) is 0 Å². The number of anilines is 1. The first kappa shape index (κ1) is 13.3. The predicted molar refractivity (Wildman–Crippen MR) is 84.6 cm³/mol. The van der Waals surface area contributed by atoms with Crippen LogP contribution in [0.4, 0.5) is 11.4 Å². The highest BCUT2D eigenvalue weighted by Gasteiger charge is 2.04. The molecule has 0 fully saturated rings. The second-order valence-corrected chi connectivity index (χ2v) is 5.09. The van der Waals surface area contributed by atoms with Crippen LogP contribution in [0.25, 0.3) is 0 Å². The molecule has 0 atom stereocenters. The summed E-state index contributed by atoms with van der Waals surface area (Å²) in [6.07, 6.45) is 6.08. The molecule has 0 radical (unpaired) electrons. The van der Waals surface area contributed by atoms with E-state index in [1.807, 2.05) is 12.2 Å². The molecule has 0 spiro atoms. The zero-order chi connectivity index (χ0) is 14.0. The Kier molecular flexibility index (Phi) is 3.70. The summed E-state index contributed by atoms with van der Waals surface area (Å²) < 4.78 is 0. The van der Waals surface area contributed by atoms with Gasteiger partial charge in [0, 0.05) is 19.8 Å². The lowest BCUT2D eigenvalue weighted by Gasteiger charge is -2.15. The third-order valence-corrected chi connectivity index (χ3v) is 3.25.